The van der Waals surface area contributed by atoms with Crippen LogP contribution < -0.4 is 5.32 Å². The van der Waals surface area contributed by atoms with E-state index in [-0.39, 0.29) is 11.8 Å². The Morgan fingerprint density at radius 1 is 1.08 bits per heavy atom. The molecule has 5 heteroatoms. The van der Waals surface area contributed by atoms with Gasteiger partial charge in [0.2, 0.25) is 11.8 Å². The first-order valence-electron chi connectivity index (χ1n) is 8.72. The van der Waals surface area contributed by atoms with Gasteiger partial charge in [0, 0.05) is 32.0 Å². The van der Waals surface area contributed by atoms with Gasteiger partial charge in [0.1, 0.15) is 5.41 Å². The lowest BCUT2D eigenvalue weighted by Crippen LogP contribution is -2.46. The van der Waals surface area contributed by atoms with E-state index >= 15 is 0 Å². The second-order valence-corrected chi connectivity index (χ2v) is 6.87. The van der Waals surface area contributed by atoms with Crippen LogP contribution in [0, 0.1) is 5.41 Å². The van der Waals surface area contributed by atoms with Crippen molar-refractivity contribution in [3.8, 4) is 0 Å². The molecular formula is C20H21N3O2. The van der Waals surface area contributed by atoms with Crippen LogP contribution in [0.5, 0.6) is 0 Å². The lowest BCUT2D eigenvalue weighted by molar-refractivity contribution is -0.145. The van der Waals surface area contributed by atoms with Crippen molar-refractivity contribution in [2.75, 3.05) is 6.54 Å². The number of aromatic nitrogens is 1. The highest BCUT2D eigenvalue weighted by molar-refractivity contribution is 6.07. The predicted molar refractivity (Wildman–Crippen MR) is 93.3 cm³/mol. The summed E-state index contributed by atoms with van der Waals surface area (Å²) in [7, 11) is 0. The fraction of sp³-hybridized carbons (Fsp3) is 0.350. The topological polar surface area (TPSA) is 62.3 Å². The van der Waals surface area contributed by atoms with Crippen molar-refractivity contribution < 1.29 is 9.59 Å². The number of benzene rings is 1. The molecule has 0 unspecified atom stereocenters. The van der Waals surface area contributed by atoms with Crippen LogP contribution in [-0.4, -0.2) is 28.2 Å². The monoisotopic (exact) mass is 335 g/mol. The number of hydrogen-bond donors (Lipinski definition) is 1. The van der Waals surface area contributed by atoms with Crippen LogP contribution in [0.4, 0.5) is 0 Å². The molecule has 2 aromatic rings. The molecule has 1 aromatic carbocycles. The van der Waals surface area contributed by atoms with E-state index in [0.29, 0.717) is 32.5 Å². The van der Waals surface area contributed by atoms with Crippen molar-refractivity contribution in [1.82, 2.24) is 15.2 Å². The third kappa shape index (κ3) is 3.02. The van der Waals surface area contributed by atoms with E-state index in [4.69, 9.17) is 0 Å². The van der Waals surface area contributed by atoms with Gasteiger partial charge in [-0.05, 0) is 48.1 Å². The number of amides is 2. The van der Waals surface area contributed by atoms with E-state index in [1.54, 1.807) is 12.4 Å². The third-order valence-corrected chi connectivity index (χ3v) is 5.21. The number of fused-ring (bicyclic) bond motifs is 1. The summed E-state index contributed by atoms with van der Waals surface area (Å²) in [5, 5.41) is 2.93. The summed E-state index contributed by atoms with van der Waals surface area (Å²) in [5.74, 6) is -0.164. The first kappa shape index (κ1) is 15.8. The van der Waals surface area contributed by atoms with Crippen LogP contribution in [0.25, 0.3) is 0 Å². The van der Waals surface area contributed by atoms with Crippen LogP contribution in [-0.2, 0) is 29.1 Å². The Balaban J connectivity index is 1.42. The number of rotatable bonds is 4. The third-order valence-electron chi connectivity index (χ3n) is 5.21. The number of carbonyl (C=O) groups is 2. The predicted octanol–water partition coefficient (Wildman–Crippen LogP) is 2.06. The Bertz CT molecular complexity index is 800. The molecule has 0 radical (unpaired) electrons. The Labute approximate surface area is 147 Å². The molecule has 0 spiro atoms. The molecule has 1 aliphatic heterocycles. The second-order valence-electron chi connectivity index (χ2n) is 6.87. The molecule has 2 amide bonds. The number of hydrogen-bond acceptors (Lipinski definition) is 3. The van der Waals surface area contributed by atoms with Gasteiger partial charge < -0.3 is 10.2 Å². The molecule has 0 saturated heterocycles. The average Bonchev–Trinajstić information content (AvgIpc) is 3.48. The van der Waals surface area contributed by atoms with Gasteiger partial charge in [0.25, 0.3) is 0 Å². The van der Waals surface area contributed by atoms with Crippen molar-refractivity contribution in [3.05, 3.63) is 65.5 Å². The number of carbonyl (C=O) groups excluding carboxylic acids is 2. The molecule has 0 bridgehead atoms. The van der Waals surface area contributed by atoms with Gasteiger partial charge in [0.05, 0.1) is 0 Å². The lowest BCUT2D eigenvalue weighted by atomic mass is 9.97. The normalized spacial score (nSPS) is 17.5. The maximum atomic E-state index is 13.0. The summed E-state index contributed by atoms with van der Waals surface area (Å²) in [5.41, 5.74) is 2.63. The smallest absolute Gasteiger partial charge is 0.238 e. The maximum Gasteiger partial charge on any atom is 0.238 e. The summed E-state index contributed by atoms with van der Waals surface area (Å²) in [6, 6.07) is 11.9. The van der Waals surface area contributed by atoms with Gasteiger partial charge in [-0.15, -0.1) is 0 Å². The average molecular weight is 335 g/mol. The minimum absolute atomic E-state index is 0.0192. The van der Waals surface area contributed by atoms with Crippen molar-refractivity contribution >= 4 is 11.8 Å². The van der Waals surface area contributed by atoms with Crippen LogP contribution in [0.1, 0.15) is 29.5 Å². The van der Waals surface area contributed by atoms with Gasteiger partial charge in [-0.2, -0.15) is 0 Å². The van der Waals surface area contributed by atoms with E-state index in [2.05, 4.69) is 22.4 Å². The first-order valence-corrected chi connectivity index (χ1v) is 8.72. The molecule has 5 nitrogen and oxygen atoms in total. The Morgan fingerprint density at radius 3 is 2.52 bits per heavy atom. The van der Waals surface area contributed by atoms with E-state index in [0.717, 1.165) is 12.0 Å². The lowest BCUT2D eigenvalue weighted by Gasteiger charge is -2.31. The van der Waals surface area contributed by atoms with Crippen molar-refractivity contribution in [2.24, 2.45) is 5.41 Å². The molecule has 1 N–H and O–H groups in total. The molecule has 0 atom stereocenters. The number of nitrogens with zero attached hydrogens (tertiary/aromatic N) is 2. The highest BCUT2D eigenvalue weighted by atomic mass is 16.2. The summed E-state index contributed by atoms with van der Waals surface area (Å²) >= 11 is 0. The fourth-order valence-corrected chi connectivity index (χ4v) is 3.49. The molecule has 25 heavy (non-hydrogen) atoms. The molecule has 1 saturated carbocycles. The Morgan fingerprint density at radius 2 is 1.80 bits per heavy atom. The summed E-state index contributed by atoms with van der Waals surface area (Å²) in [6.07, 6.45) is 5.55. The fourth-order valence-electron chi connectivity index (χ4n) is 3.49. The first-order chi connectivity index (χ1) is 12.2. The van der Waals surface area contributed by atoms with Gasteiger partial charge in [-0.3, -0.25) is 14.6 Å². The van der Waals surface area contributed by atoms with Crippen LogP contribution in [0.3, 0.4) is 0 Å². The van der Waals surface area contributed by atoms with Gasteiger partial charge in [-0.25, -0.2) is 0 Å². The van der Waals surface area contributed by atoms with Crippen LogP contribution >= 0.6 is 0 Å². The largest absolute Gasteiger partial charge is 0.351 e. The number of pyridine rings is 1. The summed E-state index contributed by atoms with van der Waals surface area (Å²) in [6.45, 7) is 1.73. The minimum Gasteiger partial charge on any atom is -0.351 e. The second kappa shape index (κ2) is 6.31. The summed E-state index contributed by atoms with van der Waals surface area (Å²) in [4.78, 5) is 31.5. The highest BCUT2D eigenvalue weighted by Crippen LogP contribution is 2.48. The number of nitrogens with one attached hydrogen (secondary N) is 1. The zero-order chi connectivity index (χ0) is 17.3. The molecule has 2 heterocycles. The van der Waals surface area contributed by atoms with Crippen molar-refractivity contribution in [3.63, 3.8) is 0 Å². The minimum atomic E-state index is -0.848. The van der Waals surface area contributed by atoms with Crippen LogP contribution in [0.2, 0.25) is 0 Å². The van der Waals surface area contributed by atoms with Crippen molar-refractivity contribution in [1.29, 1.82) is 0 Å². The molecule has 128 valence electrons. The van der Waals surface area contributed by atoms with E-state index < -0.39 is 5.41 Å². The van der Waals surface area contributed by atoms with Gasteiger partial charge >= 0.3 is 0 Å². The highest BCUT2D eigenvalue weighted by Gasteiger charge is 2.58. The van der Waals surface area contributed by atoms with Gasteiger partial charge in [-0.1, -0.05) is 24.3 Å². The Kier molecular flexibility index (Phi) is 3.99. The van der Waals surface area contributed by atoms with Gasteiger partial charge in [0.15, 0.2) is 0 Å². The SMILES string of the molecule is O=C(NCc1ccncc1)C1(C(=O)N2CCc3ccccc3C2)CC1. The zero-order valence-electron chi connectivity index (χ0n) is 14.1. The maximum absolute atomic E-state index is 13.0. The molecule has 4 rings (SSSR count). The molecule has 1 fully saturated rings. The molecular weight excluding hydrogens is 314 g/mol. The van der Waals surface area contributed by atoms with E-state index in [1.165, 1.54) is 11.1 Å². The standard InChI is InChI=1S/C20H21N3O2/c24-18(22-13-15-5-10-21-11-6-15)20(8-9-20)19(25)23-12-7-16-3-1-2-4-17(16)14-23/h1-6,10-11H,7-9,12-14H2,(H,22,24). The van der Waals surface area contributed by atoms with Crippen LogP contribution in [0.15, 0.2) is 48.8 Å². The van der Waals surface area contributed by atoms with Crippen molar-refractivity contribution in [2.45, 2.75) is 32.4 Å². The molecule has 2 aliphatic rings. The zero-order valence-corrected chi connectivity index (χ0v) is 14.1. The Hall–Kier alpha value is -2.69. The molecule has 1 aliphatic carbocycles. The van der Waals surface area contributed by atoms with E-state index in [1.807, 2.05) is 29.2 Å². The quantitative estimate of drug-likeness (QED) is 0.870. The molecule has 1 aromatic heterocycles. The summed E-state index contributed by atoms with van der Waals surface area (Å²) < 4.78 is 0. The van der Waals surface area contributed by atoms with E-state index in [9.17, 15) is 9.59 Å².